The van der Waals surface area contributed by atoms with E-state index in [0.717, 1.165) is 6.42 Å². The molecule has 1 unspecified atom stereocenters. The minimum absolute atomic E-state index is 0.310. The molecule has 2 rings (SSSR count). The van der Waals surface area contributed by atoms with E-state index in [2.05, 4.69) is 0 Å². The minimum atomic E-state index is -0.927. The van der Waals surface area contributed by atoms with Gasteiger partial charge in [-0.2, -0.15) is 0 Å². The quantitative estimate of drug-likeness (QED) is 0.842. The molecule has 0 radical (unpaired) electrons. The minimum Gasteiger partial charge on any atom is -0.383 e. The molecule has 1 N–H and O–H groups in total. The molecule has 0 aromatic heterocycles. The van der Waals surface area contributed by atoms with Gasteiger partial charge in [0.2, 0.25) is 0 Å². The second-order valence-electron chi connectivity index (χ2n) is 3.74. The molecule has 86 valence electrons. The second-order valence-corrected chi connectivity index (χ2v) is 4.59. The molecule has 3 nitrogen and oxygen atoms in total. The summed E-state index contributed by atoms with van der Waals surface area (Å²) in [5, 5.41) is 10.5. The Morgan fingerprint density at radius 1 is 1.38 bits per heavy atom. The van der Waals surface area contributed by atoms with Crippen LogP contribution >= 0.6 is 23.2 Å². The molecule has 1 saturated heterocycles. The van der Waals surface area contributed by atoms with Crippen LogP contribution in [0.3, 0.4) is 0 Å². The van der Waals surface area contributed by atoms with E-state index in [4.69, 9.17) is 23.2 Å². The average molecular weight is 260 g/mol. The van der Waals surface area contributed by atoms with E-state index >= 15 is 0 Å². The number of carbonyl (C=O) groups excluding carboxylic acids is 1. The molecule has 1 aromatic carbocycles. The Bertz CT molecular complexity index is 422. The third-order valence-corrected chi connectivity index (χ3v) is 3.16. The summed E-state index contributed by atoms with van der Waals surface area (Å²) >= 11 is 11.9. The monoisotopic (exact) mass is 259 g/mol. The van der Waals surface area contributed by atoms with Crippen LogP contribution in [0.1, 0.15) is 12.8 Å². The van der Waals surface area contributed by atoms with Gasteiger partial charge in [0.25, 0.3) is 5.91 Å². The molecule has 0 spiro atoms. The maximum Gasteiger partial charge on any atom is 0.255 e. The van der Waals surface area contributed by atoms with Crippen molar-refractivity contribution in [2.75, 3.05) is 11.4 Å². The number of aliphatic hydroxyl groups is 1. The molecule has 1 aliphatic heterocycles. The summed E-state index contributed by atoms with van der Waals surface area (Å²) < 4.78 is 0. The van der Waals surface area contributed by atoms with Crippen LogP contribution in [-0.4, -0.2) is 23.7 Å². The first-order chi connectivity index (χ1) is 7.59. The van der Waals surface area contributed by atoms with Gasteiger partial charge < -0.3 is 10.0 Å². The average Bonchev–Trinajstić information content (AvgIpc) is 2.26. The Balaban J connectivity index is 2.35. The fourth-order valence-electron chi connectivity index (χ4n) is 1.79. The first kappa shape index (κ1) is 11.7. The number of halogens is 2. The zero-order valence-electron chi connectivity index (χ0n) is 8.49. The standard InChI is InChI=1S/C11H11Cl2NO2/c12-7-3-4-8(13)9(6-7)14-5-1-2-10(15)11(14)16/h3-4,6,10,15H,1-2,5H2. The lowest BCUT2D eigenvalue weighted by molar-refractivity contribution is -0.128. The van der Waals surface area contributed by atoms with Gasteiger partial charge in [0.05, 0.1) is 10.7 Å². The summed E-state index contributed by atoms with van der Waals surface area (Å²) in [6.07, 6.45) is 0.340. The molecule has 0 saturated carbocycles. The fourth-order valence-corrected chi connectivity index (χ4v) is 2.17. The van der Waals surface area contributed by atoms with Crippen LogP contribution in [-0.2, 0) is 4.79 Å². The van der Waals surface area contributed by atoms with Gasteiger partial charge in [-0.15, -0.1) is 0 Å². The number of hydrogen-bond donors (Lipinski definition) is 1. The molecule has 0 bridgehead atoms. The number of anilines is 1. The molecule has 1 heterocycles. The zero-order chi connectivity index (χ0) is 11.7. The molecule has 5 heteroatoms. The lowest BCUT2D eigenvalue weighted by atomic mass is 10.1. The molecular weight excluding hydrogens is 249 g/mol. The van der Waals surface area contributed by atoms with E-state index in [-0.39, 0.29) is 5.91 Å². The number of aliphatic hydroxyl groups excluding tert-OH is 1. The summed E-state index contributed by atoms with van der Waals surface area (Å²) in [7, 11) is 0. The Morgan fingerprint density at radius 3 is 2.88 bits per heavy atom. The van der Waals surface area contributed by atoms with Crippen LogP contribution in [0.15, 0.2) is 18.2 Å². The number of carbonyl (C=O) groups is 1. The second kappa shape index (κ2) is 4.62. The number of nitrogens with zero attached hydrogens (tertiary/aromatic N) is 1. The summed E-state index contributed by atoms with van der Waals surface area (Å²) in [5.41, 5.74) is 0.568. The van der Waals surface area contributed by atoms with Crippen molar-refractivity contribution in [2.24, 2.45) is 0 Å². The first-order valence-electron chi connectivity index (χ1n) is 5.04. The van der Waals surface area contributed by atoms with Crippen LogP contribution in [0.25, 0.3) is 0 Å². The molecule has 1 fully saturated rings. The van der Waals surface area contributed by atoms with Gasteiger partial charge in [0, 0.05) is 11.6 Å². The van der Waals surface area contributed by atoms with Crippen molar-refractivity contribution in [1.82, 2.24) is 0 Å². The summed E-state index contributed by atoms with van der Waals surface area (Å²) in [6, 6.07) is 4.95. The number of amides is 1. The van der Waals surface area contributed by atoms with E-state index < -0.39 is 6.10 Å². The van der Waals surface area contributed by atoms with Gasteiger partial charge in [0.1, 0.15) is 6.10 Å². The van der Waals surface area contributed by atoms with Crippen molar-refractivity contribution < 1.29 is 9.90 Å². The molecule has 1 amide bonds. The lowest BCUT2D eigenvalue weighted by Gasteiger charge is -2.30. The summed E-state index contributed by atoms with van der Waals surface area (Å²) in [6.45, 7) is 0.565. The normalized spacial score (nSPS) is 21.3. The van der Waals surface area contributed by atoms with Crippen molar-refractivity contribution in [3.05, 3.63) is 28.2 Å². The molecule has 1 aliphatic rings. The van der Waals surface area contributed by atoms with Gasteiger partial charge >= 0.3 is 0 Å². The van der Waals surface area contributed by atoms with E-state index in [1.54, 1.807) is 18.2 Å². The fraction of sp³-hybridized carbons (Fsp3) is 0.364. The molecular formula is C11H11Cl2NO2. The lowest BCUT2D eigenvalue weighted by Crippen LogP contribution is -2.44. The first-order valence-corrected chi connectivity index (χ1v) is 5.79. The summed E-state index contributed by atoms with van der Waals surface area (Å²) in [4.78, 5) is 13.3. The van der Waals surface area contributed by atoms with Gasteiger partial charge in [-0.05, 0) is 31.0 Å². The largest absolute Gasteiger partial charge is 0.383 e. The van der Waals surface area contributed by atoms with Crippen molar-refractivity contribution in [3.63, 3.8) is 0 Å². The molecule has 16 heavy (non-hydrogen) atoms. The van der Waals surface area contributed by atoms with E-state index in [1.807, 2.05) is 0 Å². The third-order valence-electron chi connectivity index (χ3n) is 2.61. The highest BCUT2D eigenvalue weighted by Crippen LogP contribution is 2.31. The highest BCUT2D eigenvalue weighted by atomic mass is 35.5. The van der Waals surface area contributed by atoms with Crippen molar-refractivity contribution in [3.8, 4) is 0 Å². The molecule has 0 aliphatic carbocycles. The Labute approximate surface area is 104 Å². The van der Waals surface area contributed by atoms with E-state index in [9.17, 15) is 9.90 Å². The highest BCUT2D eigenvalue weighted by Gasteiger charge is 2.28. The number of hydrogen-bond acceptors (Lipinski definition) is 2. The molecule has 1 aromatic rings. The maximum absolute atomic E-state index is 11.8. The number of rotatable bonds is 1. The highest BCUT2D eigenvalue weighted by molar-refractivity contribution is 6.35. The van der Waals surface area contributed by atoms with Crippen LogP contribution < -0.4 is 4.90 Å². The van der Waals surface area contributed by atoms with Crippen LogP contribution in [0, 0.1) is 0 Å². The van der Waals surface area contributed by atoms with E-state index in [0.29, 0.717) is 28.7 Å². The van der Waals surface area contributed by atoms with Crippen LogP contribution in [0.5, 0.6) is 0 Å². The van der Waals surface area contributed by atoms with Gasteiger partial charge in [-0.1, -0.05) is 23.2 Å². The topological polar surface area (TPSA) is 40.5 Å². The zero-order valence-corrected chi connectivity index (χ0v) is 10.0. The third kappa shape index (κ3) is 2.17. The maximum atomic E-state index is 11.8. The van der Waals surface area contributed by atoms with Gasteiger partial charge in [-0.25, -0.2) is 0 Å². The SMILES string of the molecule is O=C1C(O)CCCN1c1cc(Cl)ccc1Cl. The van der Waals surface area contributed by atoms with Crippen LogP contribution in [0.4, 0.5) is 5.69 Å². The summed E-state index contributed by atoms with van der Waals surface area (Å²) in [5.74, 6) is -0.310. The Morgan fingerprint density at radius 2 is 2.12 bits per heavy atom. The van der Waals surface area contributed by atoms with Gasteiger partial charge in [0.15, 0.2) is 0 Å². The van der Waals surface area contributed by atoms with Crippen molar-refractivity contribution in [1.29, 1.82) is 0 Å². The predicted octanol–water partition coefficient (Wildman–Crippen LogP) is 2.48. The predicted molar refractivity (Wildman–Crippen MR) is 64.1 cm³/mol. The van der Waals surface area contributed by atoms with Crippen molar-refractivity contribution in [2.45, 2.75) is 18.9 Å². The Kier molecular flexibility index (Phi) is 3.38. The van der Waals surface area contributed by atoms with E-state index in [1.165, 1.54) is 4.90 Å². The smallest absolute Gasteiger partial charge is 0.255 e. The number of piperidine rings is 1. The van der Waals surface area contributed by atoms with Gasteiger partial charge in [-0.3, -0.25) is 4.79 Å². The number of benzene rings is 1. The Hall–Kier alpha value is -0.770. The van der Waals surface area contributed by atoms with Crippen LogP contribution in [0.2, 0.25) is 10.0 Å². The molecule has 1 atom stereocenters. The van der Waals surface area contributed by atoms with Crippen molar-refractivity contribution >= 4 is 34.8 Å².